The standard InChI is InChI=1S/C14H21N5/c1-11(15)12-8-16-18(9-12)10-13-6-7-19(17-13)14-4-2-3-5-14/h6-9,11,14H,2-5,10,15H2,1H3. The Kier molecular flexibility index (Phi) is 3.38. The molecule has 102 valence electrons. The Morgan fingerprint density at radius 2 is 2.21 bits per heavy atom. The molecule has 1 atom stereocenters. The summed E-state index contributed by atoms with van der Waals surface area (Å²) in [6.45, 7) is 2.68. The zero-order valence-electron chi connectivity index (χ0n) is 11.4. The highest BCUT2D eigenvalue weighted by Gasteiger charge is 2.17. The molecule has 0 radical (unpaired) electrons. The van der Waals surface area contributed by atoms with E-state index < -0.39 is 0 Å². The zero-order valence-corrected chi connectivity index (χ0v) is 11.4. The highest BCUT2D eigenvalue weighted by atomic mass is 15.3. The third-order valence-electron chi connectivity index (χ3n) is 3.87. The fourth-order valence-electron chi connectivity index (χ4n) is 2.70. The van der Waals surface area contributed by atoms with E-state index in [4.69, 9.17) is 5.73 Å². The van der Waals surface area contributed by atoms with Crippen molar-refractivity contribution in [2.24, 2.45) is 5.73 Å². The molecule has 0 bridgehead atoms. The maximum absolute atomic E-state index is 5.83. The van der Waals surface area contributed by atoms with Crippen molar-refractivity contribution in [3.05, 3.63) is 35.9 Å². The molecule has 1 fully saturated rings. The van der Waals surface area contributed by atoms with Gasteiger partial charge < -0.3 is 5.73 Å². The summed E-state index contributed by atoms with van der Waals surface area (Å²) >= 11 is 0. The van der Waals surface area contributed by atoms with E-state index in [1.807, 2.05) is 24.0 Å². The van der Waals surface area contributed by atoms with Gasteiger partial charge in [0, 0.05) is 24.0 Å². The van der Waals surface area contributed by atoms with Gasteiger partial charge in [0.2, 0.25) is 0 Å². The summed E-state index contributed by atoms with van der Waals surface area (Å²) in [6.07, 6.45) is 11.1. The summed E-state index contributed by atoms with van der Waals surface area (Å²) in [5.74, 6) is 0. The molecule has 19 heavy (non-hydrogen) atoms. The van der Waals surface area contributed by atoms with Crippen LogP contribution in [0.5, 0.6) is 0 Å². The van der Waals surface area contributed by atoms with Crippen LogP contribution in [0.25, 0.3) is 0 Å². The quantitative estimate of drug-likeness (QED) is 0.916. The van der Waals surface area contributed by atoms with Crippen LogP contribution >= 0.6 is 0 Å². The first kappa shape index (κ1) is 12.4. The molecule has 1 aliphatic carbocycles. The number of nitrogens with zero attached hydrogens (tertiary/aromatic N) is 4. The zero-order chi connectivity index (χ0) is 13.2. The van der Waals surface area contributed by atoms with E-state index in [-0.39, 0.29) is 6.04 Å². The van der Waals surface area contributed by atoms with Crippen LogP contribution in [0.3, 0.4) is 0 Å². The lowest BCUT2D eigenvalue weighted by molar-refractivity contribution is 0.460. The van der Waals surface area contributed by atoms with Crippen LogP contribution in [0.2, 0.25) is 0 Å². The summed E-state index contributed by atoms with van der Waals surface area (Å²) in [6, 6.07) is 2.72. The van der Waals surface area contributed by atoms with Crippen LogP contribution in [0.4, 0.5) is 0 Å². The topological polar surface area (TPSA) is 61.7 Å². The molecule has 0 amide bonds. The first-order valence-corrected chi connectivity index (χ1v) is 7.04. The summed E-state index contributed by atoms with van der Waals surface area (Å²) in [5.41, 5.74) is 7.96. The number of rotatable bonds is 4. The predicted octanol–water partition coefficient (Wildman–Crippen LogP) is 2.26. The Morgan fingerprint density at radius 1 is 1.42 bits per heavy atom. The molecule has 2 aromatic heterocycles. The minimum atomic E-state index is 0.0322. The molecule has 2 N–H and O–H groups in total. The van der Waals surface area contributed by atoms with Crippen molar-refractivity contribution in [1.82, 2.24) is 19.6 Å². The van der Waals surface area contributed by atoms with E-state index in [9.17, 15) is 0 Å². The molecule has 1 aliphatic rings. The molecular weight excluding hydrogens is 238 g/mol. The summed E-state index contributed by atoms with van der Waals surface area (Å²) < 4.78 is 4.03. The summed E-state index contributed by atoms with van der Waals surface area (Å²) in [4.78, 5) is 0. The Morgan fingerprint density at radius 3 is 2.89 bits per heavy atom. The normalized spacial score (nSPS) is 18.0. The largest absolute Gasteiger partial charge is 0.324 e. The van der Waals surface area contributed by atoms with Crippen molar-refractivity contribution in [3.8, 4) is 0 Å². The van der Waals surface area contributed by atoms with Gasteiger partial charge in [-0.25, -0.2) is 0 Å². The molecule has 2 heterocycles. The lowest BCUT2D eigenvalue weighted by atomic mass is 10.2. The highest BCUT2D eigenvalue weighted by molar-refractivity contribution is 5.10. The number of hydrogen-bond donors (Lipinski definition) is 1. The molecule has 2 aromatic rings. The Balaban J connectivity index is 1.68. The number of aromatic nitrogens is 4. The lowest BCUT2D eigenvalue weighted by Crippen LogP contribution is -2.07. The second-order valence-electron chi connectivity index (χ2n) is 5.49. The third-order valence-corrected chi connectivity index (χ3v) is 3.87. The van der Waals surface area contributed by atoms with Gasteiger partial charge in [-0.2, -0.15) is 10.2 Å². The van der Waals surface area contributed by atoms with Crippen molar-refractivity contribution >= 4 is 0 Å². The fraction of sp³-hybridized carbons (Fsp3) is 0.571. The monoisotopic (exact) mass is 259 g/mol. The van der Waals surface area contributed by atoms with Gasteiger partial charge >= 0.3 is 0 Å². The van der Waals surface area contributed by atoms with Crippen LogP contribution in [0, 0.1) is 0 Å². The molecule has 3 rings (SSSR count). The van der Waals surface area contributed by atoms with E-state index in [1.54, 1.807) is 0 Å². The molecule has 5 heteroatoms. The maximum atomic E-state index is 5.83. The first-order chi connectivity index (χ1) is 9.22. The van der Waals surface area contributed by atoms with E-state index in [2.05, 4.69) is 27.1 Å². The van der Waals surface area contributed by atoms with E-state index in [1.165, 1.54) is 25.7 Å². The van der Waals surface area contributed by atoms with Crippen LogP contribution in [0.15, 0.2) is 24.7 Å². The Hall–Kier alpha value is -1.62. The summed E-state index contributed by atoms with van der Waals surface area (Å²) in [5, 5.41) is 8.99. The Bertz CT molecular complexity index is 534. The number of hydrogen-bond acceptors (Lipinski definition) is 3. The van der Waals surface area contributed by atoms with Crippen molar-refractivity contribution in [2.45, 2.75) is 51.2 Å². The van der Waals surface area contributed by atoms with Crippen molar-refractivity contribution in [3.63, 3.8) is 0 Å². The average molecular weight is 259 g/mol. The second-order valence-corrected chi connectivity index (χ2v) is 5.49. The van der Waals surface area contributed by atoms with Crippen molar-refractivity contribution in [2.75, 3.05) is 0 Å². The highest BCUT2D eigenvalue weighted by Crippen LogP contribution is 2.28. The van der Waals surface area contributed by atoms with Gasteiger partial charge in [0.1, 0.15) is 0 Å². The van der Waals surface area contributed by atoms with Gasteiger partial charge in [-0.3, -0.25) is 9.36 Å². The van der Waals surface area contributed by atoms with E-state index >= 15 is 0 Å². The van der Waals surface area contributed by atoms with Gasteiger partial charge in [-0.15, -0.1) is 0 Å². The smallest absolute Gasteiger partial charge is 0.0849 e. The molecule has 1 unspecified atom stereocenters. The minimum Gasteiger partial charge on any atom is -0.324 e. The molecule has 0 aliphatic heterocycles. The first-order valence-electron chi connectivity index (χ1n) is 7.04. The third kappa shape index (κ3) is 2.71. The van der Waals surface area contributed by atoms with Crippen molar-refractivity contribution < 1.29 is 0 Å². The van der Waals surface area contributed by atoms with Crippen molar-refractivity contribution in [1.29, 1.82) is 0 Å². The SMILES string of the molecule is CC(N)c1cnn(Cc2ccn(C3CCCC3)n2)c1. The van der Waals surface area contributed by atoms with E-state index in [0.29, 0.717) is 12.6 Å². The molecule has 5 nitrogen and oxygen atoms in total. The summed E-state index contributed by atoms with van der Waals surface area (Å²) in [7, 11) is 0. The van der Waals surface area contributed by atoms with E-state index in [0.717, 1.165) is 11.3 Å². The van der Waals surface area contributed by atoms with Gasteiger partial charge in [0.25, 0.3) is 0 Å². The lowest BCUT2D eigenvalue weighted by Gasteiger charge is -2.08. The van der Waals surface area contributed by atoms with Crippen LogP contribution in [-0.4, -0.2) is 19.6 Å². The molecule has 0 saturated heterocycles. The predicted molar refractivity (Wildman–Crippen MR) is 73.7 cm³/mol. The maximum Gasteiger partial charge on any atom is 0.0849 e. The number of nitrogens with two attached hydrogens (primary N) is 1. The second kappa shape index (κ2) is 5.17. The van der Waals surface area contributed by atoms with Gasteiger partial charge in [-0.05, 0) is 25.8 Å². The van der Waals surface area contributed by atoms with Crippen LogP contribution in [-0.2, 0) is 6.54 Å². The average Bonchev–Trinajstić information content (AvgIpc) is 3.09. The molecular formula is C14H21N5. The molecule has 0 aromatic carbocycles. The Labute approximate surface area is 113 Å². The minimum absolute atomic E-state index is 0.0322. The van der Waals surface area contributed by atoms with Gasteiger partial charge in [0.15, 0.2) is 0 Å². The molecule has 0 spiro atoms. The van der Waals surface area contributed by atoms with Gasteiger partial charge in [0.05, 0.1) is 24.5 Å². The van der Waals surface area contributed by atoms with Crippen LogP contribution < -0.4 is 5.73 Å². The fourth-order valence-corrected chi connectivity index (χ4v) is 2.70. The molecule has 1 saturated carbocycles. The van der Waals surface area contributed by atoms with Crippen LogP contribution in [0.1, 0.15) is 55.9 Å². The van der Waals surface area contributed by atoms with Gasteiger partial charge in [-0.1, -0.05) is 12.8 Å².